The third-order valence-corrected chi connectivity index (χ3v) is 1.74. The van der Waals surface area contributed by atoms with E-state index in [0.29, 0.717) is 0 Å². The van der Waals surface area contributed by atoms with Gasteiger partial charge in [-0.2, -0.15) is 0 Å². The van der Waals surface area contributed by atoms with Crippen LogP contribution in [-0.4, -0.2) is 26.4 Å². The number of hydrogen-bond donors (Lipinski definition) is 1. The van der Waals surface area contributed by atoms with Gasteiger partial charge in [-0.3, -0.25) is 0 Å². The molecule has 0 bridgehead atoms. The predicted octanol–water partition coefficient (Wildman–Crippen LogP) is 1.32. The van der Waals surface area contributed by atoms with Crippen LogP contribution in [0.1, 0.15) is 0 Å². The summed E-state index contributed by atoms with van der Waals surface area (Å²) in [6.07, 6.45) is 0. The molecule has 3 nitrogen and oxygen atoms in total. The standard InChI is InChI=1S/C10H13F2NO2/c1-14-5-7(13)6-15-10-8(11)3-2-4-9(10)12/h2-4,7H,5-6,13H2,1H3. The van der Waals surface area contributed by atoms with Crippen molar-refractivity contribution in [3.05, 3.63) is 29.8 Å². The summed E-state index contributed by atoms with van der Waals surface area (Å²) in [6.45, 7) is 0.280. The monoisotopic (exact) mass is 217 g/mol. The lowest BCUT2D eigenvalue weighted by atomic mass is 10.3. The van der Waals surface area contributed by atoms with Crippen LogP contribution in [0.5, 0.6) is 5.75 Å². The molecule has 0 aliphatic carbocycles. The van der Waals surface area contributed by atoms with Gasteiger partial charge < -0.3 is 15.2 Å². The molecule has 0 heterocycles. The molecule has 0 aliphatic heterocycles. The molecular weight excluding hydrogens is 204 g/mol. The fourth-order valence-corrected chi connectivity index (χ4v) is 1.07. The Balaban J connectivity index is 2.57. The summed E-state index contributed by atoms with van der Waals surface area (Å²) in [5.41, 5.74) is 5.54. The van der Waals surface area contributed by atoms with Gasteiger partial charge in [-0.1, -0.05) is 6.07 Å². The molecule has 15 heavy (non-hydrogen) atoms. The van der Waals surface area contributed by atoms with Crippen molar-refractivity contribution in [2.45, 2.75) is 6.04 Å². The maximum atomic E-state index is 13.0. The molecular formula is C10H13F2NO2. The highest BCUT2D eigenvalue weighted by Crippen LogP contribution is 2.20. The third-order valence-electron chi connectivity index (χ3n) is 1.74. The van der Waals surface area contributed by atoms with Crippen molar-refractivity contribution < 1.29 is 18.3 Å². The van der Waals surface area contributed by atoms with Crippen LogP contribution >= 0.6 is 0 Å². The van der Waals surface area contributed by atoms with Gasteiger partial charge in [-0.15, -0.1) is 0 Å². The lowest BCUT2D eigenvalue weighted by Crippen LogP contribution is -2.32. The normalized spacial score (nSPS) is 12.5. The number of para-hydroxylation sites is 1. The van der Waals surface area contributed by atoms with Gasteiger partial charge in [0.05, 0.1) is 12.6 Å². The predicted molar refractivity (Wildman–Crippen MR) is 51.7 cm³/mol. The van der Waals surface area contributed by atoms with Gasteiger partial charge in [0, 0.05) is 7.11 Å². The van der Waals surface area contributed by atoms with Gasteiger partial charge in [-0.05, 0) is 12.1 Å². The highest BCUT2D eigenvalue weighted by molar-refractivity contribution is 5.25. The van der Waals surface area contributed by atoms with E-state index in [0.717, 1.165) is 12.1 Å². The van der Waals surface area contributed by atoms with Crippen LogP contribution in [0.15, 0.2) is 18.2 Å². The Hall–Kier alpha value is -1.20. The molecule has 84 valence electrons. The molecule has 0 aliphatic rings. The lowest BCUT2D eigenvalue weighted by molar-refractivity contribution is 0.149. The Kier molecular flexibility index (Phi) is 4.45. The molecule has 1 aromatic carbocycles. The van der Waals surface area contributed by atoms with E-state index in [1.165, 1.54) is 13.2 Å². The van der Waals surface area contributed by atoms with E-state index in [4.69, 9.17) is 15.2 Å². The summed E-state index contributed by atoms with van der Waals surface area (Å²) in [5, 5.41) is 0. The largest absolute Gasteiger partial charge is 0.486 e. The Labute approximate surface area is 86.8 Å². The van der Waals surface area contributed by atoms with Crippen LogP contribution in [0, 0.1) is 11.6 Å². The Morgan fingerprint density at radius 1 is 1.27 bits per heavy atom. The Morgan fingerprint density at radius 2 is 1.87 bits per heavy atom. The topological polar surface area (TPSA) is 44.5 Å². The van der Waals surface area contributed by atoms with Crippen molar-refractivity contribution in [3.8, 4) is 5.75 Å². The van der Waals surface area contributed by atoms with Crippen molar-refractivity contribution >= 4 is 0 Å². The van der Waals surface area contributed by atoms with E-state index in [2.05, 4.69) is 0 Å². The van der Waals surface area contributed by atoms with Crippen LogP contribution in [0.3, 0.4) is 0 Å². The summed E-state index contributed by atoms with van der Waals surface area (Å²) < 4.78 is 35.8. The molecule has 0 radical (unpaired) electrons. The van der Waals surface area contributed by atoms with Gasteiger partial charge >= 0.3 is 0 Å². The first-order valence-electron chi connectivity index (χ1n) is 4.46. The number of ether oxygens (including phenoxy) is 2. The molecule has 5 heteroatoms. The summed E-state index contributed by atoms with van der Waals surface area (Å²) in [4.78, 5) is 0. The quantitative estimate of drug-likeness (QED) is 0.808. The average molecular weight is 217 g/mol. The zero-order valence-corrected chi connectivity index (χ0v) is 8.37. The van der Waals surface area contributed by atoms with Crippen LogP contribution in [0.2, 0.25) is 0 Å². The second-order valence-electron chi connectivity index (χ2n) is 3.08. The van der Waals surface area contributed by atoms with Crippen LogP contribution in [0.4, 0.5) is 8.78 Å². The number of nitrogens with two attached hydrogens (primary N) is 1. The second-order valence-corrected chi connectivity index (χ2v) is 3.08. The van der Waals surface area contributed by atoms with Crippen LogP contribution < -0.4 is 10.5 Å². The van der Waals surface area contributed by atoms with Gasteiger partial charge in [-0.25, -0.2) is 8.78 Å². The molecule has 0 fully saturated rings. The van der Waals surface area contributed by atoms with E-state index < -0.39 is 23.4 Å². The van der Waals surface area contributed by atoms with E-state index in [9.17, 15) is 8.78 Å². The minimum atomic E-state index is -0.736. The summed E-state index contributed by atoms with van der Waals surface area (Å²) >= 11 is 0. The number of benzene rings is 1. The fraction of sp³-hybridized carbons (Fsp3) is 0.400. The first-order chi connectivity index (χ1) is 7.15. The van der Waals surface area contributed by atoms with Gasteiger partial charge in [0.1, 0.15) is 6.61 Å². The minimum absolute atomic E-state index is 0.00565. The molecule has 0 spiro atoms. The van der Waals surface area contributed by atoms with E-state index in [1.54, 1.807) is 0 Å². The number of methoxy groups -OCH3 is 1. The van der Waals surface area contributed by atoms with E-state index in [1.807, 2.05) is 0 Å². The molecule has 0 saturated carbocycles. The van der Waals surface area contributed by atoms with Gasteiger partial charge in [0.15, 0.2) is 17.4 Å². The molecule has 0 aromatic heterocycles. The fourth-order valence-electron chi connectivity index (χ4n) is 1.07. The molecule has 2 N–H and O–H groups in total. The average Bonchev–Trinajstić information content (AvgIpc) is 2.17. The first-order valence-corrected chi connectivity index (χ1v) is 4.46. The third kappa shape index (κ3) is 3.45. The van der Waals surface area contributed by atoms with Crippen molar-refractivity contribution in [3.63, 3.8) is 0 Å². The smallest absolute Gasteiger partial charge is 0.190 e. The maximum absolute atomic E-state index is 13.0. The molecule has 1 aromatic rings. The Bertz CT molecular complexity index is 300. The maximum Gasteiger partial charge on any atom is 0.190 e. The molecule has 1 atom stereocenters. The minimum Gasteiger partial charge on any atom is -0.486 e. The van der Waals surface area contributed by atoms with Gasteiger partial charge in [0.2, 0.25) is 0 Å². The van der Waals surface area contributed by atoms with E-state index >= 15 is 0 Å². The zero-order valence-electron chi connectivity index (χ0n) is 8.37. The number of halogens is 2. The van der Waals surface area contributed by atoms with Crippen molar-refractivity contribution in [1.29, 1.82) is 0 Å². The van der Waals surface area contributed by atoms with Crippen molar-refractivity contribution in [2.24, 2.45) is 5.73 Å². The number of rotatable bonds is 5. The molecule has 1 unspecified atom stereocenters. The Morgan fingerprint density at radius 3 is 2.40 bits per heavy atom. The molecule has 1 rings (SSSR count). The molecule has 0 amide bonds. The highest BCUT2D eigenvalue weighted by Gasteiger charge is 2.11. The first kappa shape index (κ1) is 11.9. The van der Waals surface area contributed by atoms with Gasteiger partial charge in [0.25, 0.3) is 0 Å². The van der Waals surface area contributed by atoms with E-state index in [-0.39, 0.29) is 13.2 Å². The SMILES string of the molecule is COCC(N)COc1c(F)cccc1F. The second kappa shape index (κ2) is 5.63. The highest BCUT2D eigenvalue weighted by atomic mass is 19.1. The van der Waals surface area contributed by atoms with Crippen LogP contribution in [-0.2, 0) is 4.74 Å². The number of hydrogen-bond acceptors (Lipinski definition) is 3. The summed E-state index contributed by atoms with van der Waals surface area (Å²) in [7, 11) is 1.49. The lowest BCUT2D eigenvalue weighted by Gasteiger charge is -2.12. The summed E-state index contributed by atoms with van der Waals surface area (Å²) in [6, 6.07) is 3.11. The zero-order chi connectivity index (χ0) is 11.3. The van der Waals surface area contributed by atoms with Crippen molar-refractivity contribution in [1.82, 2.24) is 0 Å². The molecule has 0 saturated heterocycles. The van der Waals surface area contributed by atoms with Crippen molar-refractivity contribution in [2.75, 3.05) is 20.3 Å². The summed E-state index contributed by atoms with van der Waals surface area (Å²) in [5.74, 6) is -1.87. The van der Waals surface area contributed by atoms with Crippen LogP contribution in [0.25, 0.3) is 0 Å².